The maximum absolute atomic E-state index is 11.3. The molecule has 4 atom stereocenters. The van der Waals surface area contributed by atoms with Gasteiger partial charge in [0.2, 0.25) is 0 Å². The Morgan fingerprint density at radius 1 is 1.48 bits per heavy atom. The van der Waals surface area contributed by atoms with E-state index in [9.17, 15) is 13.2 Å². The Balaban J connectivity index is 2.13. The van der Waals surface area contributed by atoms with E-state index in [0.29, 0.717) is 12.1 Å². The van der Waals surface area contributed by atoms with Crippen LogP contribution in [0.4, 0.5) is 10.5 Å². The van der Waals surface area contributed by atoms with E-state index in [-0.39, 0.29) is 30.3 Å². The van der Waals surface area contributed by atoms with Gasteiger partial charge >= 0.3 is 6.09 Å². The number of nitrogens with two attached hydrogens (primary N) is 1. The monoisotopic (exact) mass is 371 g/mol. The quantitative estimate of drug-likeness (QED) is 0.685. The minimum Gasteiger partial charge on any atom is -0.465 e. The highest BCUT2D eigenvalue weighted by molar-refractivity contribution is 7.90. The molecule has 0 spiro atoms. The van der Waals surface area contributed by atoms with Gasteiger partial charge in [0.1, 0.15) is 9.84 Å². The van der Waals surface area contributed by atoms with Crippen molar-refractivity contribution < 1.29 is 23.1 Å². The topological polar surface area (TPSA) is 132 Å². The van der Waals surface area contributed by atoms with Crippen LogP contribution < -0.4 is 11.1 Å². The minimum atomic E-state index is -3.13. The van der Waals surface area contributed by atoms with Crippen molar-refractivity contribution in [1.29, 1.82) is 0 Å². The number of sulfone groups is 1. The molecule has 1 heterocycles. The Bertz CT molecular complexity index is 709. The van der Waals surface area contributed by atoms with Crippen molar-refractivity contribution in [1.82, 2.24) is 10.3 Å². The lowest BCUT2D eigenvalue weighted by molar-refractivity contribution is -0.0237. The summed E-state index contributed by atoms with van der Waals surface area (Å²) in [6.07, 6.45) is 4.22. The molecule has 3 unspecified atom stereocenters. The van der Waals surface area contributed by atoms with Crippen LogP contribution >= 0.6 is 0 Å². The molecule has 9 heteroatoms. The molecule has 0 saturated heterocycles. The third kappa shape index (κ3) is 5.57. The van der Waals surface area contributed by atoms with Crippen LogP contribution in [0.5, 0.6) is 0 Å². The highest BCUT2D eigenvalue weighted by Crippen LogP contribution is 2.39. The number of ether oxygens (including phenoxy) is 1. The van der Waals surface area contributed by atoms with Crippen molar-refractivity contribution in [2.24, 2.45) is 5.92 Å². The zero-order chi connectivity index (χ0) is 18.6. The number of carbonyl (C=O) groups is 1. The van der Waals surface area contributed by atoms with Crippen molar-refractivity contribution in [3.63, 3.8) is 0 Å². The molecule has 1 saturated carbocycles. The molecule has 140 valence electrons. The lowest BCUT2D eigenvalue weighted by Gasteiger charge is -2.40. The van der Waals surface area contributed by atoms with Crippen LogP contribution in [0.3, 0.4) is 0 Å². The normalized spacial score (nSPS) is 27.0. The van der Waals surface area contributed by atoms with Crippen molar-refractivity contribution in [2.45, 2.75) is 37.8 Å². The van der Waals surface area contributed by atoms with E-state index in [1.54, 1.807) is 12.4 Å². The van der Waals surface area contributed by atoms with Crippen LogP contribution in [0, 0.1) is 5.92 Å². The number of hydrogen-bond donors (Lipinski definition) is 3. The van der Waals surface area contributed by atoms with Gasteiger partial charge in [0.25, 0.3) is 0 Å². The van der Waals surface area contributed by atoms with Crippen LogP contribution in [-0.2, 0) is 14.6 Å². The van der Waals surface area contributed by atoms with Gasteiger partial charge < -0.3 is 20.9 Å². The van der Waals surface area contributed by atoms with Gasteiger partial charge in [-0.05, 0) is 36.3 Å². The number of amides is 1. The molecule has 0 bridgehead atoms. The summed E-state index contributed by atoms with van der Waals surface area (Å²) in [6, 6.07) is 1.42. The predicted octanol–water partition coefficient (Wildman–Crippen LogP) is 1.24. The fourth-order valence-electron chi connectivity index (χ4n) is 3.48. The number of nitrogens with one attached hydrogen (secondary N) is 1. The van der Waals surface area contributed by atoms with Crippen molar-refractivity contribution in [3.05, 3.63) is 24.0 Å². The molecule has 0 aromatic carbocycles. The van der Waals surface area contributed by atoms with Crippen LogP contribution in [0.15, 0.2) is 18.5 Å². The Labute approximate surface area is 147 Å². The lowest BCUT2D eigenvalue weighted by Crippen LogP contribution is -2.51. The van der Waals surface area contributed by atoms with Gasteiger partial charge in [0.15, 0.2) is 0 Å². The summed E-state index contributed by atoms with van der Waals surface area (Å²) in [4.78, 5) is 15.2. The number of carboxylic acid groups (broad SMARTS) is 1. The average Bonchev–Trinajstić information content (AvgIpc) is 2.48. The molecule has 1 aromatic heterocycles. The van der Waals surface area contributed by atoms with Gasteiger partial charge in [0, 0.05) is 12.5 Å². The summed E-state index contributed by atoms with van der Waals surface area (Å²) < 4.78 is 28.3. The smallest absolute Gasteiger partial charge is 0.404 e. The molecule has 4 N–H and O–H groups in total. The van der Waals surface area contributed by atoms with Gasteiger partial charge in [0.05, 0.1) is 36.4 Å². The molecule has 1 aromatic rings. The third-order valence-corrected chi connectivity index (χ3v) is 5.46. The fraction of sp³-hybridized carbons (Fsp3) is 0.625. The Hall–Kier alpha value is -1.87. The lowest BCUT2D eigenvalue weighted by atomic mass is 9.74. The Morgan fingerprint density at radius 2 is 2.20 bits per heavy atom. The van der Waals surface area contributed by atoms with E-state index >= 15 is 0 Å². The average molecular weight is 371 g/mol. The molecule has 1 fully saturated rings. The number of anilines is 1. The van der Waals surface area contributed by atoms with Crippen LogP contribution in [-0.4, -0.2) is 55.4 Å². The number of hydrogen-bond acceptors (Lipinski definition) is 6. The number of nitrogens with zero attached hydrogens (tertiary/aromatic N) is 1. The number of aromatic nitrogens is 1. The standard InChI is InChI=1S/C16H25N3O5S/c1-10-7-11(12-3-4-18-9-13(12)17)8-14(19-16(20)21)15(10)24-5-6-25(2,22)23/h3-4,9-11,14-15,19H,5-8,17H2,1-2H3,(H,20,21)/t10?,11-,14?,15?/m1/s1. The van der Waals surface area contributed by atoms with Gasteiger partial charge in [-0.3, -0.25) is 4.98 Å². The largest absolute Gasteiger partial charge is 0.465 e. The first-order valence-electron chi connectivity index (χ1n) is 8.15. The molecule has 0 radical (unpaired) electrons. The van der Waals surface area contributed by atoms with Gasteiger partial charge in [-0.25, -0.2) is 13.2 Å². The Kier molecular flexibility index (Phi) is 6.23. The minimum absolute atomic E-state index is 0.0442. The van der Waals surface area contributed by atoms with E-state index in [2.05, 4.69) is 10.3 Å². The zero-order valence-electron chi connectivity index (χ0n) is 14.4. The predicted molar refractivity (Wildman–Crippen MR) is 94.2 cm³/mol. The molecule has 0 aliphatic heterocycles. The first kappa shape index (κ1) is 19.5. The van der Waals surface area contributed by atoms with E-state index in [1.807, 2.05) is 13.0 Å². The highest BCUT2D eigenvalue weighted by atomic mass is 32.2. The van der Waals surface area contributed by atoms with E-state index in [0.717, 1.165) is 18.2 Å². The van der Waals surface area contributed by atoms with Crippen molar-refractivity contribution in [3.8, 4) is 0 Å². The first-order valence-corrected chi connectivity index (χ1v) is 10.2. The third-order valence-electron chi connectivity index (χ3n) is 4.55. The summed E-state index contributed by atoms with van der Waals surface area (Å²) in [6.45, 7) is 2.03. The molecule has 25 heavy (non-hydrogen) atoms. The van der Waals surface area contributed by atoms with E-state index < -0.39 is 22.0 Å². The molecule has 8 nitrogen and oxygen atoms in total. The van der Waals surface area contributed by atoms with Gasteiger partial charge in [-0.15, -0.1) is 0 Å². The van der Waals surface area contributed by atoms with E-state index in [1.165, 1.54) is 0 Å². The molecular weight excluding hydrogens is 346 g/mol. The summed E-state index contributed by atoms with van der Waals surface area (Å²) >= 11 is 0. The second-order valence-electron chi connectivity index (χ2n) is 6.67. The van der Waals surface area contributed by atoms with E-state index in [4.69, 9.17) is 15.6 Å². The first-order chi connectivity index (χ1) is 11.7. The molecule has 1 amide bonds. The second-order valence-corrected chi connectivity index (χ2v) is 8.93. The molecule has 2 rings (SSSR count). The van der Waals surface area contributed by atoms with Crippen molar-refractivity contribution >= 4 is 21.6 Å². The van der Waals surface area contributed by atoms with Crippen molar-refractivity contribution in [2.75, 3.05) is 24.3 Å². The van der Waals surface area contributed by atoms with Gasteiger partial charge in [-0.1, -0.05) is 6.92 Å². The van der Waals surface area contributed by atoms with Crippen LogP contribution in [0.1, 0.15) is 31.2 Å². The number of nitrogen functional groups attached to an aromatic ring is 1. The molecule has 1 aliphatic carbocycles. The highest BCUT2D eigenvalue weighted by Gasteiger charge is 2.38. The van der Waals surface area contributed by atoms with Crippen LogP contribution in [0.2, 0.25) is 0 Å². The molecule has 1 aliphatic rings. The summed E-state index contributed by atoms with van der Waals surface area (Å²) in [5.41, 5.74) is 7.55. The van der Waals surface area contributed by atoms with Gasteiger partial charge in [-0.2, -0.15) is 0 Å². The number of rotatable bonds is 6. The SMILES string of the molecule is CC1C[C@@H](c2ccncc2N)CC(NC(=O)O)C1OCCS(C)(=O)=O. The maximum Gasteiger partial charge on any atom is 0.404 e. The second kappa shape index (κ2) is 8.01. The fourth-order valence-corrected chi connectivity index (χ4v) is 3.87. The number of pyridine rings is 1. The summed E-state index contributed by atoms with van der Waals surface area (Å²) in [5.74, 6) is 0.0452. The summed E-state index contributed by atoms with van der Waals surface area (Å²) in [5, 5.41) is 11.7. The Morgan fingerprint density at radius 3 is 2.80 bits per heavy atom. The van der Waals surface area contributed by atoms with Crippen LogP contribution in [0.25, 0.3) is 0 Å². The maximum atomic E-state index is 11.3. The summed E-state index contributed by atoms with van der Waals surface area (Å²) in [7, 11) is -3.13. The zero-order valence-corrected chi connectivity index (χ0v) is 15.2. The molecular formula is C16H25N3O5S.